The van der Waals surface area contributed by atoms with Crippen molar-refractivity contribution >= 4 is 5.91 Å². The number of amides is 1. The average Bonchev–Trinajstić information content (AvgIpc) is 2.34. The first-order valence-corrected chi connectivity index (χ1v) is 6.15. The second-order valence-electron chi connectivity index (χ2n) is 4.65. The fraction of sp³-hybridized carbons (Fsp3) is 0.500. The van der Waals surface area contributed by atoms with E-state index in [9.17, 15) is 4.79 Å². The third-order valence-corrected chi connectivity index (χ3v) is 3.50. The minimum Gasteiger partial charge on any atom is -0.497 e. The van der Waals surface area contributed by atoms with E-state index in [1.165, 1.54) is 7.11 Å². The summed E-state index contributed by atoms with van der Waals surface area (Å²) in [6, 6.07) is 7.89. The van der Waals surface area contributed by atoms with Crippen LogP contribution in [0.5, 0.6) is 5.75 Å². The third kappa shape index (κ3) is 2.48. The van der Waals surface area contributed by atoms with Gasteiger partial charge in [0.25, 0.3) is 0 Å². The highest BCUT2D eigenvalue weighted by atomic mass is 16.5. The molecule has 0 spiro atoms. The van der Waals surface area contributed by atoms with Crippen molar-refractivity contribution in [1.82, 2.24) is 5.32 Å². The molecule has 4 heteroatoms. The van der Waals surface area contributed by atoms with Gasteiger partial charge in [-0.25, -0.2) is 0 Å². The molecule has 1 aromatic carbocycles. The molecule has 0 aliphatic heterocycles. The van der Waals surface area contributed by atoms with Crippen LogP contribution >= 0.6 is 0 Å². The first kappa shape index (κ1) is 12.9. The molecule has 1 amide bonds. The number of benzene rings is 1. The molecule has 1 N–H and O–H groups in total. The van der Waals surface area contributed by atoms with Crippen molar-refractivity contribution in [3.63, 3.8) is 0 Å². The summed E-state index contributed by atoms with van der Waals surface area (Å²) in [6.07, 6.45) is 3.10. The molecular weight excluding hydrogens is 230 g/mol. The van der Waals surface area contributed by atoms with E-state index < -0.39 is 0 Å². The molecule has 0 aromatic heterocycles. The lowest BCUT2D eigenvalue weighted by Gasteiger charge is -2.43. The minimum atomic E-state index is -0.206. The molecule has 0 heterocycles. The lowest BCUT2D eigenvalue weighted by Crippen LogP contribution is -2.51. The summed E-state index contributed by atoms with van der Waals surface area (Å²) < 4.78 is 10.0. The van der Waals surface area contributed by atoms with Crippen molar-refractivity contribution in [3.8, 4) is 5.75 Å². The highest BCUT2D eigenvalue weighted by Crippen LogP contribution is 2.41. The van der Waals surface area contributed by atoms with Gasteiger partial charge in [-0.3, -0.25) is 4.79 Å². The van der Waals surface area contributed by atoms with Gasteiger partial charge in [-0.2, -0.15) is 0 Å². The summed E-state index contributed by atoms with van der Waals surface area (Å²) in [5.74, 6) is 0.768. The van der Waals surface area contributed by atoms with Gasteiger partial charge in [0.2, 0.25) is 5.91 Å². The van der Waals surface area contributed by atoms with Crippen LogP contribution in [-0.2, 0) is 15.1 Å². The van der Waals surface area contributed by atoms with Crippen molar-refractivity contribution < 1.29 is 14.3 Å². The van der Waals surface area contributed by atoms with E-state index in [-0.39, 0.29) is 18.1 Å². The molecule has 1 fully saturated rings. The highest BCUT2D eigenvalue weighted by Gasteiger charge is 2.39. The van der Waals surface area contributed by atoms with Gasteiger partial charge in [0.1, 0.15) is 12.4 Å². The smallest absolute Gasteiger partial charge is 0.246 e. The summed E-state index contributed by atoms with van der Waals surface area (Å²) in [5, 5.41) is 3.08. The molecule has 1 saturated carbocycles. The van der Waals surface area contributed by atoms with Crippen LogP contribution in [0, 0.1) is 0 Å². The Kier molecular flexibility index (Phi) is 3.87. The van der Waals surface area contributed by atoms with Gasteiger partial charge in [0.05, 0.1) is 12.6 Å². The molecule has 0 unspecified atom stereocenters. The molecule has 0 saturated heterocycles. The Morgan fingerprint density at radius 2 is 1.94 bits per heavy atom. The van der Waals surface area contributed by atoms with E-state index in [2.05, 4.69) is 5.32 Å². The Morgan fingerprint density at radius 1 is 1.28 bits per heavy atom. The lowest BCUT2D eigenvalue weighted by atomic mass is 9.72. The SMILES string of the molecule is COCC(=O)NC1(c2ccc(OC)cc2)CCC1. The molecule has 2 rings (SSSR count). The zero-order chi connectivity index (χ0) is 13.0. The molecule has 0 bridgehead atoms. The molecule has 18 heavy (non-hydrogen) atoms. The van der Waals surface area contributed by atoms with Crippen LogP contribution in [0.4, 0.5) is 0 Å². The lowest BCUT2D eigenvalue weighted by molar-refractivity contribution is -0.128. The maximum atomic E-state index is 11.7. The van der Waals surface area contributed by atoms with Crippen molar-refractivity contribution in [1.29, 1.82) is 0 Å². The van der Waals surface area contributed by atoms with Crippen molar-refractivity contribution in [2.45, 2.75) is 24.8 Å². The van der Waals surface area contributed by atoms with Crippen molar-refractivity contribution in [3.05, 3.63) is 29.8 Å². The number of carbonyl (C=O) groups excluding carboxylic acids is 1. The van der Waals surface area contributed by atoms with Crippen LogP contribution in [0.2, 0.25) is 0 Å². The number of ether oxygens (including phenoxy) is 2. The maximum absolute atomic E-state index is 11.7. The van der Waals surface area contributed by atoms with Crippen LogP contribution in [-0.4, -0.2) is 26.7 Å². The normalized spacial score (nSPS) is 16.8. The summed E-state index contributed by atoms with van der Waals surface area (Å²) >= 11 is 0. The number of carbonyl (C=O) groups is 1. The maximum Gasteiger partial charge on any atom is 0.246 e. The third-order valence-electron chi connectivity index (χ3n) is 3.50. The van der Waals surface area contributed by atoms with Gasteiger partial charge in [-0.15, -0.1) is 0 Å². The Labute approximate surface area is 107 Å². The fourth-order valence-electron chi connectivity index (χ4n) is 2.36. The molecule has 1 aliphatic carbocycles. The van der Waals surface area contributed by atoms with Gasteiger partial charge < -0.3 is 14.8 Å². The zero-order valence-electron chi connectivity index (χ0n) is 10.9. The van der Waals surface area contributed by atoms with Crippen LogP contribution in [0.25, 0.3) is 0 Å². The number of hydrogen-bond acceptors (Lipinski definition) is 3. The monoisotopic (exact) mass is 249 g/mol. The first-order valence-electron chi connectivity index (χ1n) is 6.15. The standard InChI is InChI=1S/C14H19NO3/c1-17-10-13(16)15-14(8-3-9-14)11-4-6-12(18-2)7-5-11/h4-7H,3,8-10H2,1-2H3,(H,15,16). The summed E-state index contributed by atoms with van der Waals surface area (Å²) in [6.45, 7) is 0.109. The Morgan fingerprint density at radius 3 is 2.39 bits per heavy atom. The Hall–Kier alpha value is -1.55. The second kappa shape index (κ2) is 5.40. The quantitative estimate of drug-likeness (QED) is 0.866. The number of hydrogen-bond donors (Lipinski definition) is 1. The molecule has 1 aliphatic rings. The molecular formula is C14H19NO3. The van der Waals surface area contributed by atoms with Crippen molar-refractivity contribution in [2.24, 2.45) is 0 Å². The van der Waals surface area contributed by atoms with E-state index >= 15 is 0 Å². The molecule has 4 nitrogen and oxygen atoms in total. The summed E-state index contributed by atoms with van der Waals surface area (Å²) in [7, 11) is 3.18. The number of rotatable bonds is 5. The van der Waals surface area contributed by atoms with E-state index in [0.29, 0.717) is 0 Å². The predicted octanol–water partition coefficient (Wildman–Crippen LogP) is 1.84. The van der Waals surface area contributed by atoms with Crippen molar-refractivity contribution in [2.75, 3.05) is 20.8 Å². The van der Waals surface area contributed by atoms with Gasteiger partial charge >= 0.3 is 0 Å². The molecule has 0 radical (unpaired) electrons. The van der Waals surface area contributed by atoms with E-state index in [4.69, 9.17) is 9.47 Å². The van der Waals surface area contributed by atoms with Gasteiger partial charge in [-0.05, 0) is 37.0 Å². The highest BCUT2D eigenvalue weighted by molar-refractivity contribution is 5.78. The van der Waals surface area contributed by atoms with Gasteiger partial charge in [0, 0.05) is 7.11 Å². The largest absolute Gasteiger partial charge is 0.497 e. The van der Waals surface area contributed by atoms with E-state index in [1.807, 2.05) is 24.3 Å². The van der Waals surface area contributed by atoms with Crippen LogP contribution in [0.15, 0.2) is 24.3 Å². The fourth-order valence-corrected chi connectivity index (χ4v) is 2.36. The number of nitrogens with one attached hydrogen (secondary N) is 1. The van der Waals surface area contributed by atoms with E-state index in [1.54, 1.807) is 7.11 Å². The predicted molar refractivity (Wildman–Crippen MR) is 68.5 cm³/mol. The number of methoxy groups -OCH3 is 2. The summed E-state index contributed by atoms with van der Waals surface area (Å²) in [4.78, 5) is 11.7. The Bertz CT molecular complexity index is 410. The molecule has 98 valence electrons. The molecule has 0 atom stereocenters. The summed E-state index contributed by atoms with van der Waals surface area (Å²) in [5.41, 5.74) is 0.932. The van der Waals surface area contributed by atoms with Gasteiger partial charge in [0.15, 0.2) is 0 Å². The zero-order valence-corrected chi connectivity index (χ0v) is 10.9. The minimum absolute atomic E-state index is 0.0620. The topological polar surface area (TPSA) is 47.6 Å². The van der Waals surface area contributed by atoms with E-state index in [0.717, 1.165) is 30.6 Å². The first-order chi connectivity index (χ1) is 8.70. The molecule has 1 aromatic rings. The van der Waals surface area contributed by atoms with Crippen LogP contribution < -0.4 is 10.1 Å². The Balaban J connectivity index is 2.13. The second-order valence-corrected chi connectivity index (χ2v) is 4.65. The van der Waals surface area contributed by atoms with Crippen LogP contribution in [0.1, 0.15) is 24.8 Å². The van der Waals surface area contributed by atoms with Gasteiger partial charge in [-0.1, -0.05) is 12.1 Å². The van der Waals surface area contributed by atoms with Crippen LogP contribution in [0.3, 0.4) is 0 Å². The average molecular weight is 249 g/mol.